The molecule has 1 N–H and O–H groups in total. The van der Waals surface area contributed by atoms with Crippen LogP contribution in [0, 0.1) is 0 Å². The average molecular weight is 241 g/mol. The average Bonchev–Trinajstić information content (AvgIpc) is 3.07. The Kier molecular flexibility index (Phi) is 3.07. The zero-order valence-electron chi connectivity index (χ0n) is 9.00. The minimum absolute atomic E-state index is 0.281. The van der Waals surface area contributed by atoms with E-state index in [0.717, 1.165) is 30.6 Å². The predicted molar refractivity (Wildman–Crippen MR) is 59.4 cm³/mol. The van der Waals surface area contributed by atoms with Crippen LogP contribution in [-0.2, 0) is 4.74 Å². The van der Waals surface area contributed by atoms with Gasteiger partial charge in [0.2, 0.25) is 5.16 Å². The summed E-state index contributed by atoms with van der Waals surface area (Å²) in [4.78, 5) is 0. The van der Waals surface area contributed by atoms with Gasteiger partial charge in [0.25, 0.3) is 0 Å². The van der Waals surface area contributed by atoms with Crippen molar-refractivity contribution < 1.29 is 4.74 Å². The summed E-state index contributed by atoms with van der Waals surface area (Å²) in [5.74, 6) is 0.917. The molecule has 1 aliphatic carbocycles. The molecule has 88 valence electrons. The lowest BCUT2D eigenvalue weighted by molar-refractivity contribution is 0.0440. The summed E-state index contributed by atoms with van der Waals surface area (Å²) in [6.07, 6.45) is 2.70. The summed E-state index contributed by atoms with van der Waals surface area (Å²) >= 11 is 1.69. The Morgan fingerprint density at radius 1 is 1.50 bits per heavy atom. The van der Waals surface area contributed by atoms with E-state index < -0.39 is 0 Å². The van der Waals surface area contributed by atoms with Gasteiger partial charge in [-0.15, -0.1) is 5.10 Å². The van der Waals surface area contributed by atoms with Gasteiger partial charge in [0.15, 0.2) is 0 Å². The zero-order chi connectivity index (χ0) is 10.8. The molecule has 0 amide bonds. The second kappa shape index (κ2) is 4.68. The molecule has 2 aliphatic rings. The SMILES string of the molecule is C1COC(CSc2nnnn2C2CC2)CN1. The fourth-order valence-electron chi connectivity index (χ4n) is 1.72. The third-order valence-corrected chi connectivity index (χ3v) is 3.82. The standard InChI is InChI=1S/C9H15N5OS/c1-2-7(1)14-9(11-12-13-14)16-6-8-5-10-3-4-15-8/h7-8,10H,1-6H2. The molecule has 2 heterocycles. The quantitative estimate of drug-likeness (QED) is 0.754. The van der Waals surface area contributed by atoms with E-state index in [4.69, 9.17) is 4.74 Å². The maximum Gasteiger partial charge on any atom is 0.209 e. The van der Waals surface area contributed by atoms with Crippen LogP contribution in [0.2, 0.25) is 0 Å². The highest BCUT2D eigenvalue weighted by Crippen LogP contribution is 2.36. The molecule has 1 atom stereocenters. The number of tetrazole rings is 1. The summed E-state index contributed by atoms with van der Waals surface area (Å²) in [7, 11) is 0. The van der Waals surface area contributed by atoms with Crippen LogP contribution >= 0.6 is 11.8 Å². The van der Waals surface area contributed by atoms with Crippen molar-refractivity contribution in [2.75, 3.05) is 25.4 Å². The second-order valence-electron chi connectivity index (χ2n) is 4.15. The van der Waals surface area contributed by atoms with Crippen LogP contribution in [-0.4, -0.2) is 51.8 Å². The molecule has 1 aliphatic heterocycles. The third kappa shape index (κ3) is 2.36. The zero-order valence-corrected chi connectivity index (χ0v) is 9.82. The first-order chi connectivity index (χ1) is 7.93. The van der Waals surface area contributed by atoms with Gasteiger partial charge < -0.3 is 10.1 Å². The fourth-order valence-corrected chi connectivity index (χ4v) is 2.68. The Morgan fingerprint density at radius 2 is 2.44 bits per heavy atom. The molecular formula is C9H15N5OS. The van der Waals surface area contributed by atoms with E-state index in [2.05, 4.69) is 20.8 Å². The molecule has 6 nitrogen and oxygen atoms in total. The number of hydrogen-bond donors (Lipinski definition) is 1. The van der Waals surface area contributed by atoms with E-state index in [9.17, 15) is 0 Å². The van der Waals surface area contributed by atoms with Crippen molar-refractivity contribution in [2.24, 2.45) is 0 Å². The molecule has 1 saturated carbocycles. The summed E-state index contributed by atoms with van der Waals surface area (Å²) in [5, 5.41) is 16.0. The van der Waals surface area contributed by atoms with E-state index in [1.165, 1.54) is 12.8 Å². The molecule has 0 bridgehead atoms. The largest absolute Gasteiger partial charge is 0.375 e. The van der Waals surface area contributed by atoms with Gasteiger partial charge in [-0.05, 0) is 23.3 Å². The molecule has 16 heavy (non-hydrogen) atoms. The highest BCUT2D eigenvalue weighted by atomic mass is 32.2. The van der Waals surface area contributed by atoms with Gasteiger partial charge in [-0.2, -0.15) is 0 Å². The van der Waals surface area contributed by atoms with Crippen LogP contribution in [0.1, 0.15) is 18.9 Å². The molecule has 1 unspecified atom stereocenters. The summed E-state index contributed by atoms with van der Waals surface area (Å²) in [6, 6.07) is 0.544. The van der Waals surface area contributed by atoms with E-state index >= 15 is 0 Å². The maximum atomic E-state index is 5.63. The molecular weight excluding hydrogens is 226 g/mol. The highest BCUT2D eigenvalue weighted by molar-refractivity contribution is 7.99. The van der Waals surface area contributed by atoms with Gasteiger partial charge in [-0.1, -0.05) is 11.8 Å². The van der Waals surface area contributed by atoms with Gasteiger partial charge in [0.05, 0.1) is 18.8 Å². The topological polar surface area (TPSA) is 64.9 Å². The van der Waals surface area contributed by atoms with Gasteiger partial charge in [0.1, 0.15) is 0 Å². The van der Waals surface area contributed by atoms with Crippen molar-refractivity contribution in [1.29, 1.82) is 0 Å². The normalized spacial score (nSPS) is 25.9. The minimum atomic E-state index is 0.281. The van der Waals surface area contributed by atoms with E-state index in [1.807, 2.05) is 4.68 Å². The van der Waals surface area contributed by atoms with Crippen molar-refractivity contribution in [3.8, 4) is 0 Å². The number of aromatic nitrogens is 4. The third-order valence-electron chi connectivity index (χ3n) is 2.76. The van der Waals surface area contributed by atoms with Crippen LogP contribution in [0.3, 0.4) is 0 Å². The lowest BCUT2D eigenvalue weighted by Gasteiger charge is -2.22. The Bertz CT molecular complexity index is 347. The minimum Gasteiger partial charge on any atom is -0.375 e. The van der Waals surface area contributed by atoms with Gasteiger partial charge >= 0.3 is 0 Å². The number of rotatable bonds is 4. The molecule has 1 aromatic heterocycles. The Morgan fingerprint density at radius 3 is 3.19 bits per heavy atom. The van der Waals surface area contributed by atoms with E-state index in [0.29, 0.717) is 6.04 Å². The van der Waals surface area contributed by atoms with Gasteiger partial charge in [-0.25, -0.2) is 4.68 Å². The number of nitrogens with zero attached hydrogens (tertiary/aromatic N) is 4. The van der Waals surface area contributed by atoms with Crippen LogP contribution < -0.4 is 5.32 Å². The monoisotopic (exact) mass is 241 g/mol. The first-order valence-corrected chi connectivity index (χ1v) is 6.65. The van der Waals surface area contributed by atoms with Crippen LogP contribution in [0.4, 0.5) is 0 Å². The number of nitrogens with one attached hydrogen (secondary N) is 1. The molecule has 0 radical (unpaired) electrons. The smallest absolute Gasteiger partial charge is 0.209 e. The van der Waals surface area contributed by atoms with Gasteiger partial charge in [0, 0.05) is 18.8 Å². The Labute approximate surface area is 98.1 Å². The molecule has 1 aromatic rings. The van der Waals surface area contributed by atoms with Crippen molar-refractivity contribution in [3.05, 3.63) is 0 Å². The first-order valence-electron chi connectivity index (χ1n) is 5.66. The lowest BCUT2D eigenvalue weighted by Crippen LogP contribution is -2.39. The Hall–Kier alpha value is -0.660. The van der Waals surface area contributed by atoms with Crippen molar-refractivity contribution >= 4 is 11.8 Å². The van der Waals surface area contributed by atoms with Crippen molar-refractivity contribution in [1.82, 2.24) is 25.5 Å². The van der Waals surface area contributed by atoms with Crippen molar-refractivity contribution in [2.45, 2.75) is 30.1 Å². The van der Waals surface area contributed by atoms with E-state index in [-0.39, 0.29) is 6.10 Å². The second-order valence-corrected chi connectivity index (χ2v) is 5.13. The Balaban J connectivity index is 1.54. The predicted octanol–water partition coefficient (Wildman–Crippen LogP) is 0.0885. The molecule has 0 spiro atoms. The van der Waals surface area contributed by atoms with Crippen LogP contribution in [0.25, 0.3) is 0 Å². The maximum absolute atomic E-state index is 5.63. The van der Waals surface area contributed by atoms with Crippen LogP contribution in [0.5, 0.6) is 0 Å². The summed E-state index contributed by atoms with van der Waals surface area (Å²) < 4.78 is 7.58. The summed E-state index contributed by atoms with van der Waals surface area (Å²) in [6.45, 7) is 2.69. The van der Waals surface area contributed by atoms with Crippen LogP contribution in [0.15, 0.2) is 5.16 Å². The van der Waals surface area contributed by atoms with E-state index in [1.54, 1.807) is 11.8 Å². The highest BCUT2D eigenvalue weighted by Gasteiger charge is 2.28. The fraction of sp³-hybridized carbons (Fsp3) is 0.889. The van der Waals surface area contributed by atoms with Gasteiger partial charge in [-0.3, -0.25) is 0 Å². The molecule has 2 fully saturated rings. The molecule has 1 saturated heterocycles. The van der Waals surface area contributed by atoms with Crippen molar-refractivity contribution in [3.63, 3.8) is 0 Å². The summed E-state index contributed by atoms with van der Waals surface area (Å²) in [5.41, 5.74) is 0. The number of morpholine rings is 1. The number of ether oxygens (including phenoxy) is 1. The number of hydrogen-bond acceptors (Lipinski definition) is 6. The number of thioether (sulfide) groups is 1. The first kappa shape index (κ1) is 10.5. The molecule has 3 rings (SSSR count). The lowest BCUT2D eigenvalue weighted by atomic mass is 10.3. The molecule has 7 heteroatoms. The molecule has 0 aromatic carbocycles.